The molecule has 1 aliphatic rings. The van der Waals surface area contributed by atoms with Crippen LogP contribution in [0, 0.1) is 6.92 Å². The maximum atomic E-state index is 12.9. The quantitative estimate of drug-likeness (QED) is 0.512. The molecule has 0 aromatic carbocycles. The number of aromatic nitrogens is 5. The number of aryl methyl sites for hydroxylation is 1. The first-order chi connectivity index (χ1) is 15.5. The molecule has 0 saturated heterocycles. The second-order valence-electron chi connectivity index (χ2n) is 7.74. The molecule has 0 aliphatic carbocycles. The van der Waals surface area contributed by atoms with Crippen molar-refractivity contribution < 1.29 is 4.79 Å². The number of hydrogen-bond donors (Lipinski definition) is 1. The number of nitrogens with zero attached hydrogens (tertiary/aromatic N) is 6. The van der Waals surface area contributed by atoms with Crippen LogP contribution >= 0.6 is 11.3 Å². The molecule has 160 valence electrons. The van der Waals surface area contributed by atoms with Crippen LogP contribution < -0.4 is 5.32 Å². The molecule has 1 amide bonds. The van der Waals surface area contributed by atoms with E-state index in [-0.39, 0.29) is 5.91 Å². The van der Waals surface area contributed by atoms with Crippen LogP contribution in [0.5, 0.6) is 0 Å². The lowest BCUT2D eigenvalue weighted by Gasteiger charge is -2.21. The fourth-order valence-corrected chi connectivity index (χ4v) is 4.24. The lowest BCUT2D eigenvalue weighted by Crippen LogP contribution is -2.24. The lowest BCUT2D eigenvalue weighted by molar-refractivity contribution is 0.102. The fourth-order valence-electron chi connectivity index (χ4n) is 3.57. The topological polar surface area (TPSA) is 96.8 Å². The average molecular weight is 444 g/mol. The van der Waals surface area contributed by atoms with Gasteiger partial charge in [-0.25, -0.2) is 4.98 Å². The van der Waals surface area contributed by atoms with Crippen LogP contribution in [0.1, 0.15) is 27.5 Å². The second-order valence-corrected chi connectivity index (χ2v) is 8.92. The summed E-state index contributed by atoms with van der Waals surface area (Å²) in [4.78, 5) is 28.4. The lowest BCUT2D eigenvalue weighted by atomic mass is 10.0. The van der Waals surface area contributed by atoms with Gasteiger partial charge in [-0.3, -0.25) is 14.8 Å². The van der Waals surface area contributed by atoms with E-state index < -0.39 is 0 Å². The van der Waals surface area contributed by atoms with Crippen LogP contribution in [0.2, 0.25) is 0 Å². The van der Waals surface area contributed by atoms with E-state index in [1.54, 1.807) is 24.7 Å². The Morgan fingerprint density at radius 2 is 2.03 bits per heavy atom. The van der Waals surface area contributed by atoms with Gasteiger partial charge >= 0.3 is 0 Å². The summed E-state index contributed by atoms with van der Waals surface area (Å²) < 4.78 is 0. The first-order valence-corrected chi connectivity index (χ1v) is 11.1. The van der Waals surface area contributed by atoms with Crippen molar-refractivity contribution in [1.82, 2.24) is 30.0 Å². The number of hydrogen-bond acceptors (Lipinski definition) is 8. The minimum Gasteiger partial charge on any atom is -0.307 e. The summed E-state index contributed by atoms with van der Waals surface area (Å²) in [7, 11) is 2.09. The van der Waals surface area contributed by atoms with Crippen molar-refractivity contribution in [2.75, 3.05) is 25.5 Å². The zero-order chi connectivity index (χ0) is 22.1. The van der Waals surface area contributed by atoms with Crippen LogP contribution in [0.3, 0.4) is 0 Å². The minimum absolute atomic E-state index is 0.224. The van der Waals surface area contributed by atoms with Crippen molar-refractivity contribution in [3.05, 3.63) is 65.2 Å². The largest absolute Gasteiger partial charge is 0.307 e. The molecule has 0 saturated carbocycles. The van der Waals surface area contributed by atoms with E-state index >= 15 is 0 Å². The standard InChI is InChI=1S/C23H21N7OS/c1-14-28-29-23(32-14)18-9-17-11-21(26-13-20(17)25-12-18)27-22(31)16-3-6-24-19(10-16)15-4-7-30(2)8-5-15/h3-4,6,9-13H,5,7-8H2,1-2H3,(H,26,27,31). The van der Waals surface area contributed by atoms with Crippen molar-refractivity contribution in [2.24, 2.45) is 0 Å². The van der Waals surface area contributed by atoms with Crippen LogP contribution in [0.4, 0.5) is 5.82 Å². The van der Waals surface area contributed by atoms with E-state index in [0.29, 0.717) is 11.4 Å². The summed E-state index contributed by atoms with van der Waals surface area (Å²) in [6, 6.07) is 7.35. The molecule has 0 bridgehead atoms. The molecule has 5 heterocycles. The first-order valence-electron chi connectivity index (χ1n) is 10.3. The Morgan fingerprint density at radius 1 is 1.12 bits per heavy atom. The molecule has 0 radical (unpaired) electrons. The predicted octanol–water partition coefficient (Wildman–Crippen LogP) is 3.82. The molecule has 1 N–H and O–H groups in total. The maximum absolute atomic E-state index is 12.9. The number of nitrogens with one attached hydrogen (secondary N) is 1. The molecule has 4 aromatic rings. The number of likely N-dealkylation sites (N-methyl/N-ethyl adjacent to an activating group) is 1. The Hall–Kier alpha value is -3.56. The molecule has 32 heavy (non-hydrogen) atoms. The Balaban J connectivity index is 1.38. The number of carbonyl (C=O) groups is 1. The molecule has 4 aromatic heterocycles. The van der Waals surface area contributed by atoms with Gasteiger partial charge in [0.05, 0.1) is 17.4 Å². The minimum atomic E-state index is -0.224. The number of amides is 1. The summed E-state index contributed by atoms with van der Waals surface area (Å²) in [5, 5.41) is 13.7. The normalized spacial score (nSPS) is 14.4. The summed E-state index contributed by atoms with van der Waals surface area (Å²) in [6.45, 7) is 3.79. The van der Waals surface area contributed by atoms with E-state index in [2.05, 4.69) is 48.5 Å². The second kappa shape index (κ2) is 8.52. The molecule has 0 fully saturated rings. The average Bonchev–Trinajstić information content (AvgIpc) is 3.25. The van der Waals surface area contributed by atoms with E-state index in [4.69, 9.17) is 0 Å². The highest BCUT2D eigenvalue weighted by Gasteiger charge is 2.14. The van der Waals surface area contributed by atoms with Gasteiger partial charge in [0.2, 0.25) is 0 Å². The number of pyridine rings is 3. The Morgan fingerprint density at radius 3 is 2.81 bits per heavy atom. The molecule has 8 nitrogen and oxygen atoms in total. The predicted molar refractivity (Wildman–Crippen MR) is 125 cm³/mol. The van der Waals surface area contributed by atoms with Crippen LogP contribution in [0.25, 0.3) is 27.0 Å². The number of anilines is 1. The van der Waals surface area contributed by atoms with Crippen molar-refractivity contribution in [2.45, 2.75) is 13.3 Å². The number of rotatable bonds is 4. The number of fused-ring (bicyclic) bond motifs is 1. The van der Waals surface area contributed by atoms with Crippen molar-refractivity contribution >= 4 is 39.5 Å². The summed E-state index contributed by atoms with van der Waals surface area (Å²) in [6.07, 6.45) is 8.18. The van der Waals surface area contributed by atoms with Crippen molar-refractivity contribution in [1.29, 1.82) is 0 Å². The van der Waals surface area contributed by atoms with Gasteiger partial charge in [-0.1, -0.05) is 17.4 Å². The maximum Gasteiger partial charge on any atom is 0.256 e. The van der Waals surface area contributed by atoms with Gasteiger partial charge in [0, 0.05) is 42.0 Å². The molecule has 9 heteroatoms. The summed E-state index contributed by atoms with van der Waals surface area (Å²) in [5.74, 6) is 0.240. The van der Waals surface area contributed by atoms with Crippen LogP contribution in [-0.4, -0.2) is 56.1 Å². The van der Waals surface area contributed by atoms with Crippen LogP contribution in [-0.2, 0) is 0 Å². The van der Waals surface area contributed by atoms with Gasteiger partial charge in [0.25, 0.3) is 5.91 Å². The Kier molecular flexibility index (Phi) is 5.42. The van der Waals surface area contributed by atoms with Crippen molar-refractivity contribution in [3.8, 4) is 10.6 Å². The zero-order valence-corrected chi connectivity index (χ0v) is 18.6. The molecular formula is C23H21N7OS. The SMILES string of the molecule is Cc1nnc(-c2cnc3cnc(NC(=O)c4ccnc(C5=CCN(C)CC5)c4)cc3c2)s1. The third-order valence-electron chi connectivity index (χ3n) is 5.35. The molecular weight excluding hydrogens is 422 g/mol. The van der Waals surface area contributed by atoms with Gasteiger partial charge < -0.3 is 10.2 Å². The van der Waals surface area contributed by atoms with Gasteiger partial charge in [-0.2, -0.15) is 0 Å². The van der Waals surface area contributed by atoms with Crippen LogP contribution in [0.15, 0.2) is 48.9 Å². The third kappa shape index (κ3) is 4.25. The van der Waals surface area contributed by atoms with Gasteiger partial charge in [0.1, 0.15) is 15.8 Å². The molecule has 0 atom stereocenters. The Bertz CT molecular complexity index is 1350. The molecule has 5 rings (SSSR count). The highest BCUT2D eigenvalue weighted by Crippen LogP contribution is 2.26. The van der Waals surface area contributed by atoms with Gasteiger partial charge in [0.15, 0.2) is 0 Å². The number of carbonyl (C=O) groups excluding carboxylic acids is 1. The smallest absolute Gasteiger partial charge is 0.256 e. The highest BCUT2D eigenvalue weighted by atomic mass is 32.1. The van der Waals surface area contributed by atoms with Gasteiger partial charge in [-0.05, 0) is 50.2 Å². The van der Waals surface area contributed by atoms with Crippen molar-refractivity contribution in [3.63, 3.8) is 0 Å². The summed E-state index contributed by atoms with van der Waals surface area (Å²) >= 11 is 1.51. The van der Waals surface area contributed by atoms with Gasteiger partial charge in [-0.15, -0.1) is 10.2 Å². The fraction of sp³-hybridized carbons (Fsp3) is 0.217. The Labute approximate surface area is 189 Å². The summed E-state index contributed by atoms with van der Waals surface area (Å²) in [5.41, 5.74) is 4.20. The third-order valence-corrected chi connectivity index (χ3v) is 6.23. The van der Waals surface area contributed by atoms with E-state index in [1.165, 1.54) is 16.9 Å². The van der Waals surface area contributed by atoms with E-state index in [0.717, 1.165) is 51.7 Å². The monoisotopic (exact) mass is 443 g/mol. The molecule has 0 unspecified atom stereocenters. The van der Waals surface area contributed by atoms with E-state index in [1.807, 2.05) is 25.1 Å². The highest BCUT2D eigenvalue weighted by molar-refractivity contribution is 7.14. The molecule has 1 aliphatic heterocycles. The zero-order valence-electron chi connectivity index (χ0n) is 17.7. The van der Waals surface area contributed by atoms with E-state index in [9.17, 15) is 4.79 Å². The molecule has 0 spiro atoms. The first kappa shape index (κ1) is 20.3.